The maximum Gasteiger partial charge on any atom is 0.364 e. The first-order chi connectivity index (χ1) is 54.6. The Kier molecular flexibility index (Phi) is 33.6. The number of aliphatic carboxylic acids is 1. The van der Waals surface area contributed by atoms with E-state index in [4.69, 9.17) is 80.5 Å². The molecule has 9 saturated heterocycles. The number of aliphatic hydroxyl groups excluding tert-OH is 24. The zero-order valence-electron chi connectivity index (χ0n) is 62.8. The normalized spacial score (nSPS) is 48.2. The minimum absolute atomic E-state index is 0.876. The number of nitrogens with one attached hydrogen (secondary N) is 4. The van der Waals surface area contributed by atoms with Crippen LogP contribution in [0.1, 0.15) is 48.0 Å². The Morgan fingerprint density at radius 2 is 0.724 bits per heavy atom. The molecule has 9 rings (SSSR count). The highest BCUT2D eigenvalue weighted by Gasteiger charge is 2.63. The molecule has 0 spiro atoms. The van der Waals surface area contributed by atoms with Gasteiger partial charge in [-0.15, -0.1) is 0 Å². The van der Waals surface area contributed by atoms with Gasteiger partial charge < -0.3 is 229 Å². The molecule has 51 heteroatoms. The molecule has 0 aromatic rings. The average Bonchev–Trinajstić information content (AvgIpc) is 0.756. The Labute approximate surface area is 657 Å². The predicted molar refractivity (Wildman–Crippen MR) is 358 cm³/mol. The molecule has 9 heterocycles. The standard InChI is InChI=1S/C65H108N4O47/c1-15-33(81)43(91)46(94)59(102-15)114-54-52(112-58-32(69-20(6)78)50(38(86)25(11-73)106-58)110-61-48(96)45(93)37(85)24(10-72)107-61)39(87)26(12-74)108-62(54)113-53-41(89)27(13-100-57-30(67-18(4)76)42(90)36(84)23(9-71)105-57)109-63(55(53)115-60-47(95)44(92)34(82)16(2)103-60)111-49-31(68-19(5)77)56(97)104-28(40(49)88)14-101-65(64(98)99)7-21(79)29(66-17(3)75)51(116-65)35(83)22(80)8-70/h15-16,21-63,70-74,79-97H,7-14H2,1-6H3,(H,66,75)(H,67,76)(H,68,77)(H,69,78)(H,98,99)/t15-,16-,21-,22+,23+,24+,25+,26+,27+,28+,29+,30+,31+,32+,33+,34+,35+,36+,37-,38-,39-,40-,41-,42+,43+,44+,45-,46-,47-,48+,49+,50+,51+,52-,53-,54+,55+,56-,57+,58+,59-,60-,61+,62-,63-,65+/m0/s1. The average molecular weight is 1700 g/mol. The minimum atomic E-state index is -3.21. The van der Waals surface area contributed by atoms with Crippen molar-refractivity contribution in [3.63, 3.8) is 0 Å². The number of hydrogen-bond acceptors (Lipinski definition) is 46. The third kappa shape index (κ3) is 21.0. The number of rotatable bonds is 30. The van der Waals surface area contributed by atoms with Gasteiger partial charge in [-0.05, 0) is 13.8 Å². The molecule has 670 valence electrons. The highest BCUT2D eigenvalue weighted by Crippen LogP contribution is 2.42. The van der Waals surface area contributed by atoms with Gasteiger partial charge in [0.1, 0.15) is 201 Å². The van der Waals surface area contributed by atoms with Crippen LogP contribution in [-0.2, 0) is 104 Å². The van der Waals surface area contributed by atoms with Crippen LogP contribution in [0.2, 0.25) is 0 Å². The third-order valence-electron chi connectivity index (χ3n) is 21.3. The van der Waals surface area contributed by atoms with E-state index in [1.165, 1.54) is 6.92 Å². The monoisotopic (exact) mass is 1700 g/mol. The van der Waals surface area contributed by atoms with Crippen molar-refractivity contribution in [1.29, 1.82) is 0 Å². The van der Waals surface area contributed by atoms with Gasteiger partial charge >= 0.3 is 5.97 Å². The zero-order valence-corrected chi connectivity index (χ0v) is 62.8. The molecule has 0 saturated carbocycles. The molecule has 116 heavy (non-hydrogen) atoms. The quantitative estimate of drug-likeness (QED) is 0.0318. The van der Waals surface area contributed by atoms with Gasteiger partial charge in [0.05, 0.1) is 70.6 Å². The molecular formula is C65H108N4O47. The molecule has 0 aromatic heterocycles. The molecule has 51 nitrogen and oxygen atoms in total. The van der Waals surface area contributed by atoms with Crippen LogP contribution in [0.3, 0.4) is 0 Å². The van der Waals surface area contributed by atoms with Gasteiger partial charge in [-0.25, -0.2) is 4.79 Å². The largest absolute Gasteiger partial charge is 0.477 e. The lowest BCUT2D eigenvalue weighted by molar-refractivity contribution is -0.418. The van der Waals surface area contributed by atoms with Crippen molar-refractivity contribution in [2.24, 2.45) is 0 Å². The van der Waals surface area contributed by atoms with Crippen molar-refractivity contribution < 1.29 is 232 Å². The molecule has 0 bridgehead atoms. The lowest BCUT2D eigenvalue weighted by Gasteiger charge is -2.53. The Morgan fingerprint density at radius 1 is 0.371 bits per heavy atom. The molecule has 9 aliphatic rings. The summed E-state index contributed by atoms with van der Waals surface area (Å²) in [5.41, 5.74) is 0. The smallest absolute Gasteiger partial charge is 0.364 e. The van der Waals surface area contributed by atoms with Crippen molar-refractivity contribution in [1.82, 2.24) is 21.3 Å². The summed E-state index contributed by atoms with van der Waals surface area (Å²) in [5, 5.41) is 290. The summed E-state index contributed by atoms with van der Waals surface area (Å²) in [4.78, 5) is 65.0. The fourth-order valence-corrected chi connectivity index (χ4v) is 14.9. The number of carboxylic acids is 1. The van der Waals surface area contributed by atoms with Crippen molar-refractivity contribution in [3.8, 4) is 0 Å². The molecule has 46 atom stereocenters. The van der Waals surface area contributed by atoms with Crippen LogP contribution in [0.5, 0.6) is 0 Å². The second kappa shape index (κ2) is 40.8. The first-order valence-corrected chi connectivity index (χ1v) is 37.0. The Morgan fingerprint density at radius 3 is 1.22 bits per heavy atom. The molecule has 0 aliphatic carbocycles. The summed E-state index contributed by atoms with van der Waals surface area (Å²) < 4.78 is 103. The van der Waals surface area contributed by atoms with Gasteiger partial charge in [0.15, 0.2) is 50.3 Å². The van der Waals surface area contributed by atoms with Crippen LogP contribution in [0.25, 0.3) is 0 Å². The number of ether oxygens (including phenoxy) is 17. The number of aliphatic hydroxyl groups is 24. The molecule has 9 aliphatic heterocycles. The maximum absolute atomic E-state index is 13.4. The van der Waals surface area contributed by atoms with Gasteiger partial charge in [-0.2, -0.15) is 0 Å². The summed E-state index contributed by atoms with van der Waals surface area (Å²) in [6.45, 7) is -2.28. The lowest BCUT2D eigenvalue weighted by Crippen LogP contribution is -2.71. The highest BCUT2D eigenvalue weighted by atomic mass is 16.8. The minimum Gasteiger partial charge on any atom is -0.477 e. The van der Waals surface area contributed by atoms with Gasteiger partial charge in [0.2, 0.25) is 23.6 Å². The van der Waals surface area contributed by atoms with Gasteiger partial charge in [-0.3, -0.25) is 19.2 Å². The second-order valence-corrected chi connectivity index (χ2v) is 29.6. The Bertz CT molecular complexity index is 3170. The maximum atomic E-state index is 13.4. The topological polar surface area (TPSA) is 796 Å². The Hall–Kier alpha value is -4.29. The van der Waals surface area contributed by atoms with E-state index in [1.807, 2.05) is 0 Å². The van der Waals surface area contributed by atoms with E-state index in [-0.39, 0.29) is 0 Å². The lowest BCUT2D eigenvalue weighted by atomic mass is 9.88. The van der Waals surface area contributed by atoms with Crippen LogP contribution >= 0.6 is 0 Å². The van der Waals surface area contributed by atoms with E-state index < -0.39 is 364 Å². The number of amides is 4. The number of carbonyl (C=O) groups is 5. The van der Waals surface area contributed by atoms with E-state index in [0.29, 0.717) is 0 Å². The summed E-state index contributed by atoms with van der Waals surface area (Å²) >= 11 is 0. The first kappa shape index (κ1) is 95.5. The SMILES string of the molecule is CC(=O)N[C@@H]1[C@@H](O[C@@H]2O[C@H](CO[C@@H]3O[C@H](CO)[C@@H](O)[C@H](O)[C@H]3NC(C)=O)[C@H](O)[C@H](O[C@@H]3O[C@H](CO)[C@H](O)[C@H](O[C@H]4O[C@H](CO)[C@H](O)[C@H](O[C@H]5O[C@H](CO)[C@H](O)[C@H](O)[C@H]5O)[C@H]4NC(C)=O)[C@H]3O[C@@H]3O[C@@H](C)[C@@H](O)[C@@H](O)[C@@H]3O)[C@H]2O[C@@H]2O[C@@H](C)[C@@H](O)[C@@H](O)[C@@H]2O)[C@@H](O)[C@@H](CO[C@]2(C(=O)O)C[C@H](O)[C@@H](NC(C)=O)[C@H]([C@H](O)[C@H](O)CO)O2)O[C@@H]1O. The van der Waals surface area contributed by atoms with Crippen molar-refractivity contribution in [3.05, 3.63) is 0 Å². The van der Waals surface area contributed by atoms with Crippen LogP contribution in [0.15, 0.2) is 0 Å². The van der Waals surface area contributed by atoms with Crippen LogP contribution < -0.4 is 21.3 Å². The Balaban J connectivity index is 1.19. The van der Waals surface area contributed by atoms with Gasteiger partial charge in [0.25, 0.3) is 5.79 Å². The van der Waals surface area contributed by atoms with E-state index in [2.05, 4.69) is 21.3 Å². The van der Waals surface area contributed by atoms with Crippen molar-refractivity contribution >= 4 is 29.6 Å². The summed E-state index contributed by atoms with van der Waals surface area (Å²) in [7, 11) is 0. The number of carbonyl (C=O) groups excluding carboxylic acids is 4. The molecule has 0 radical (unpaired) electrons. The molecule has 4 amide bonds. The van der Waals surface area contributed by atoms with Gasteiger partial charge in [0, 0.05) is 34.1 Å². The van der Waals surface area contributed by atoms with Crippen molar-refractivity contribution in [2.45, 2.75) is 330 Å². The highest BCUT2D eigenvalue weighted by molar-refractivity contribution is 5.77. The molecular weight excluding hydrogens is 1590 g/mol. The number of hydrogen-bond donors (Lipinski definition) is 29. The van der Waals surface area contributed by atoms with E-state index in [1.54, 1.807) is 0 Å². The molecule has 29 N–H and O–H groups in total. The second-order valence-electron chi connectivity index (χ2n) is 29.6. The van der Waals surface area contributed by atoms with E-state index in [9.17, 15) is 152 Å². The van der Waals surface area contributed by atoms with E-state index >= 15 is 0 Å². The fraction of sp³-hybridized carbons (Fsp3) is 0.923. The summed E-state index contributed by atoms with van der Waals surface area (Å²) in [5.74, 6) is -9.14. The predicted octanol–water partition coefficient (Wildman–Crippen LogP) is -18.8. The summed E-state index contributed by atoms with van der Waals surface area (Å²) in [6, 6.07) is -7.68. The first-order valence-electron chi connectivity index (χ1n) is 37.0. The molecule has 9 fully saturated rings. The molecule has 0 unspecified atom stereocenters. The van der Waals surface area contributed by atoms with Gasteiger partial charge in [-0.1, -0.05) is 0 Å². The van der Waals surface area contributed by atoms with Crippen LogP contribution in [0, 0.1) is 0 Å². The third-order valence-corrected chi connectivity index (χ3v) is 21.3. The number of carboxylic acid groups (broad SMARTS) is 1. The van der Waals surface area contributed by atoms with Crippen LogP contribution in [-0.4, -0.2) is 485 Å². The zero-order chi connectivity index (χ0) is 85.9. The van der Waals surface area contributed by atoms with E-state index in [0.717, 1.165) is 34.6 Å². The van der Waals surface area contributed by atoms with Crippen LogP contribution in [0.4, 0.5) is 0 Å². The summed E-state index contributed by atoms with van der Waals surface area (Å²) in [6.07, 6.45) is -91.2. The molecule has 0 aromatic carbocycles. The fourth-order valence-electron chi connectivity index (χ4n) is 14.9. The van der Waals surface area contributed by atoms with Crippen molar-refractivity contribution in [2.75, 3.05) is 46.2 Å².